The highest BCUT2D eigenvalue weighted by atomic mass is 32.2. The lowest BCUT2D eigenvalue weighted by Crippen LogP contribution is -2.34. The van der Waals surface area contributed by atoms with Crippen LogP contribution in [0.2, 0.25) is 0 Å². The van der Waals surface area contributed by atoms with Crippen LogP contribution in [-0.4, -0.2) is 55.8 Å². The predicted molar refractivity (Wildman–Crippen MR) is 81.3 cm³/mol. The molecular weight excluding hydrogens is 290 g/mol. The molecule has 1 aromatic heterocycles. The quantitative estimate of drug-likeness (QED) is 0.696. The van der Waals surface area contributed by atoms with Gasteiger partial charge in [0.1, 0.15) is 4.90 Å². The maximum absolute atomic E-state index is 12.2. The smallest absolute Gasteiger partial charge is 0.243 e. The van der Waals surface area contributed by atoms with Crippen molar-refractivity contribution in [3.63, 3.8) is 0 Å². The molecule has 7 nitrogen and oxygen atoms in total. The molecule has 2 heterocycles. The largest absolute Gasteiger partial charge is 0.329 e. The van der Waals surface area contributed by atoms with Crippen LogP contribution in [-0.2, 0) is 16.6 Å². The molecule has 1 aliphatic heterocycles. The van der Waals surface area contributed by atoms with Crippen LogP contribution in [0.1, 0.15) is 19.8 Å². The Morgan fingerprint density at radius 1 is 1.43 bits per heavy atom. The monoisotopic (exact) mass is 315 g/mol. The molecule has 0 saturated carbocycles. The topological polar surface area (TPSA) is 93.2 Å². The average Bonchev–Trinajstić information content (AvgIpc) is 3.09. The van der Waals surface area contributed by atoms with Gasteiger partial charge in [0.15, 0.2) is 0 Å². The summed E-state index contributed by atoms with van der Waals surface area (Å²) in [6.07, 6.45) is 5.38. The van der Waals surface area contributed by atoms with Crippen molar-refractivity contribution in [2.45, 2.75) is 31.2 Å². The van der Waals surface area contributed by atoms with Gasteiger partial charge in [-0.25, -0.2) is 13.1 Å². The van der Waals surface area contributed by atoms with Crippen molar-refractivity contribution < 1.29 is 8.42 Å². The average molecular weight is 315 g/mol. The van der Waals surface area contributed by atoms with Crippen LogP contribution in [0.5, 0.6) is 0 Å². The van der Waals surface area contributed by atoms with E-state index in [1.807, 2.05) is 0 Å². The van der Waals surface area contributed by atoms with E-state index in [2.05, 4.69) is 21.6 Å². The fourth-order valence-corrected chi connectivity index (χ4v) is 3.66. The molecule has 8 heteroatoms. The second-order valence-corrected chi connectivity index (χ2v) is 7.46. The zero-order chi connectivity index (χ0) is 15.3. The van der Waals surface area contributed by atoms with E-state index in [9.17, 15) is 8.42 Å². The van der Waals surface area contributed by atoms with Gasteiger partial charge in [-0.15, -0.1) is 0 Å². The SMILES string of the molecule is CC(CNS(=O)(=O)c1cnn(CCN)c1)CN1CCCC1. The number of likely N-dealkylation sites (tertiary alicyclic amines) is 1. The molecule has 0 aliphatic carbocycles. The van der Waals surface area contributed by atoms with Gasteiger partial charge in [-0.3, -0.25) is 4.68 Å². The zero-order valence-electron chi connectivity index (χ0n) is 12.5. The van der Waals surface area contributed by atoms with Crippen LogP contribution >= 0.6 is 0 Å². The molecule has 1 aromatic rings. The lowest BCUT2D eigenvalue weighted by Gasteiger charge is -2.20. The van der Waals surface area contributed by atoms with E-state index in [0.717, 1.165) is 19.6 Å². The first-order chi connectivity index (χ1) is 10.0. The molecule has 0 aromatic carbocycles. The molecule has 120 valence electrons. The van der Waals surface area contributed by atoms with Gasteiger partial charge in [-0.2, -0.15) is 5.10 Å². The van der Waals surface area contributed by atoms with E-state index < -0.39 is 10.0 Å². The third-order valence-corrected chi connectivity index (χ3v) is 5.05. The number of rotatable bonds is 8. The van der Waals surface area contributed by atoms with Gasteiger partial charge in [-0.05, 0) is 31.8 Å². The highest BCUT2D eigenvalue weighted by Crippen LogP contribution is 2.11. The molecule has 0 amide bonds. The van der Waals surface area contributed by atoms with Crippen molar-refractivity contribution in [2.24, 2.45) is 11.7 Å². The summed E-state index contributed by atoms with van der Waals surface area (Å²) in [7, 11) is -3.48. The molecule has 1 atom stereocenters. The third-order valence-electron chi connectivity index (χ3n) is 3.67. The Labute approximate surface area is 126 Å². The summed E-state index contributed by atoms with van der Waals surface area (Å²) in [4.78, 5) is 2.59. The minimum Gasteiger partial charge on any atom is -0.329 e. The Morgan fingerprint density at radius 2 is 2.14 bits per heavy atom. The summed E-state index contributed by atoms with van der Waals surface area (Å²) in [6, 6.07) is 0. The first kappa shape index (κ1) is 16.4. The molecule has 2 rings (SSSR count). The van der Waals surface area contributed by atoms with Gasteiger partial charge >= 0.3 is 0 Å². The summed E-state index contributed by atoms with van der Waals surface area (Å²) in [5.74, 6) is 0.289. The van der Waals surface area contributed by atoms with Crippen molar-refractivity contribution in [1.29, 1.82) is 0 Å². The van der Waals surface area contributed by atoms with Gasteiger partial charge in [0.25, 0.3) is 0 Å². The summed E-state index contributed by atoms with van der Waals surface area (Å²) in [6.45, 7) is 6.66. The van der Waals surface area contributed by atoms with E-state index in [0.29, 0.717) is 19.6 Å². The molecule has 21 heavy (non-hydrogen) atoms. The number of sulfonamides is 1. The number of nitrogens with two attached hydrogens (primary N) is 1. The lowest BCUT2D eigenvalue weighted by atomic mass is 10.2. The Morgan fingerprint density at radius 3 is 2.81 bits per heavy atom. The van der Waals surface area contributed by atoms with Crippen LogP contribution in [0.4, 0.5) is 0 Å². The molecule has 1 saturated heterocycles. The second-order valence-electron chi connectivity index (χ2n) is 5.69. The number of hydrogen-bond donors (Lipinski definition) is 2. The van der Waals surface area contributed by atoms with E-state index in [-0.39, 0.29) is 10.8 Å². The first-order valence-electron chi connectivity index (χ1n) is 7.46. The summed E-state index contributed by atoms with van der Waals surface area (Å²) in [5.41, 5.74) is 5.42. The van der Waals surface area contributed by atoms with Crippen LogP contribution in [0.15, 0.2) is 17.3 Å². The number of hydrogen-bond acceptors (Lipinski definition) is 5. The van der Waals surface area contributed by atoms with E-state index >= 15 is 0 Å². The maximum atomic E-state index is 12.2. The van der Waals surface area contributed by atoms with Crippen LogP contribution in [0.3, 0.4) is 0 Å². The van der Waals surface area contributed by atoms with Crippen LogP contribution in [0.25, 0.3) is 0 Å². The Bertz CT molecular complexity index is 537. The van der Waals surface area contributed by atoms with Gasteiger partial charge in [-0.1, -0.05) is 6.92 Å². The van der Waals surface area contributed by atoms with Crippen molar-refractivity contribution in [3.8, 4) is 0 Å². The summed E-state index contributed by atoms with van der Waals surface area (Å²) < 4.78 is 28.6. The van der Waals surface area contributed by atoms with Gasteiger partial charge in [0.2, 0.25) is 10.0 Å². The van der Waals surface area contributed by atoms with Crippen LogP contribution < -0.4 is 10.5 Å². The Balaban J connectivity index is 1.84. The maximum Gasteiger partial charge on any atom is 0.243 e. The van der Waals surface area contributed by atoms with Crippen molar-refractivity contribution >= 4 is 10.0 Å². The van der Waals surface area contributed by atoms with Gasteiger partial charge < -0.3 is 10.6 Å². The summed E-state index contributed by atoms with van der Waals surface area (Å²) in [5, 5.41) is 3.99. The molecule has 3 N–H and O–H groups in total. The minimum absolute atomic E-state index is 0.198. The molecule has 1 aliphatic rings. The van der Waals surface area contributed by atoms with E-state index in [4.69, 9.17) is 5.73 Å². The highest BCUT2D eigenvalue weighted by molar-refractivity contribution is 7.89. The van der Waals surface area contributed by atoms with Crippen molar-refractivity contribution in [1.82, 2.24) is 19.4 Å². The van der Waals surface area contributed by atoms with Gasteiger partial charge in [0.05, 0.1) is 12.7 Å². The molecular formula is C13H25N5O2S. The Kier molecular flexibility index (Phi) is 5.74. The highest BCUT2D eigenvalue weighted by Gasteiger charge is 2.19. The predicted octanol–water partition coefficient (Wildman–Crippen LogP) is -0.148. The minimum atomic E-state index is -3.48. The van der Waals surface area contributed by atoms with Crippen LogP contribution in [0, 0.1) is 5.92 Å². The second kappa shape index (κ2) is 7.35. The third kappa shape index (κ3) is 4.77. The number of nitrogens with zero attached hydrogens (tertiary/aromatic N) is 3. The molecule has 0 bridgehead atoms. The van der Waals surface area contributed by atoms with E-state index in [1.54, 1.807) is 4.68 Å². The molecule has 0 radical (unpaired) electrons. The van der Waals surface area contributed by atoms with Crippen molar-refractivity contribution in [3.05, 3.63) is 12.4 Å². The standard InChI is InChI=1S/C13H25N5O2S/c1-12(10-17-5-2-3-6-17)8-16-21(19,20)13-9-15-18(11-13)7-4-14/h9,11-12,16H,2-8,10,14H2,1H3. The van der Waals surface area contributed by atoms with Crippen molar-refractivity contribution in [2.75, 3.05) is 32.7 Å². The first-order valence-corrected chi connectivity index (χ1v) is 8.94. The molecule has 1 unspecified atom stereocenters. The lowest BCUT2D eigenvalue weighted by molar-refractivity contribution is 0.288. The fraction of sp³-hybridized carbons (Fsp3) is 0.769. The summed E-state index contributed by atoms with van der Waals surface area (Å²) >= 11 is 0. The fourth-order valence-electron chi connectivity index (χ4n) is 2.54. The zero-order valence-corrected chi connectivity index (χ0v) is 13.3. The molecule has 0 spiro atoms. The molecule has 1 fully saturated rings. The van der Waals surface area contributed by atoms with Gasteiger partial charge in [0, 0.05) is 25.8 Å². The van der Waals surface area contributed by atoms with E-state index in [1.165, 1.54) is 25.2 Å². The number of aromatic nitrogens is 2. The Hall–Kier alpha value is -0.960. The number of nitrogens with one attached hydrogen (secondary N) is 1. The normalized spacial score (nSPS) is 18.2.